The van der Waals surface area contributed by atoms with Crippen LogP contribution in [0.1, 0.15) is 23.6 Å². The van der Waals surface area contributed by atoms with Crippen LogP contribution < -0.4 is 9.84 Å². The Morgan fingerprint density at radius 3 is 2.18 bits per heavy atom. The van der Waals surface area contributed by atoms with E-state index in [2.05, 4.69) is 0 Å². The highest BCUT2D eigenvalue weighted by molar-refractivity contribution is 5.83. The smallest absolute Gasteiger partial charge is 0.308 e. The van der Waals surface area contributed by atoms with Gasteiger partial charge in [-0.2, -0.15) is 0 Å². The van der Waals surface area contributed by atoms with Gasteiger partial charge in [0.1, 0.15) is 5.75 Å². The molecular formula is C13H13O4-. The van der Waals surface area contributed by atoms with Crippen molar-refractivity contribution < 1.29 is 19.4 Å². The molecule has 0 fully saturated rings. The van der Waals surface area contributed by atoms with Crippen LogP contribution in [-0.4, -0.2) is 11.9 Å². The number of aliphatic carboxylic acids is 1. The van der Waals surface area contributed by atoms with Gasteiger partial charge in [0.25, 0.3) is 0 Å². The van der Waals surface area contributed by atoms with E-state index in [-0.39, 0.29) is 5.97 Å². The van der Waals surface area contributed by atoms with Crippen LogP contribution in [-0.2, 0) is 9.59 Å². The summed E-state index contributed by atoms with van der Waals surface area (Å²) in [6.07, 6.45) is 2.40. The van der Waals surface area contributed by atoms with Crippen molar-refractivity contribution in [2.24, 2.45) is 0 Å². The number of hydrogen-bond acceptors (Lipinski definition) is 4. The molecule has 0 aliphatic carbocycles. The summed E-state index contributed by atoms with van der Waals surface area (Å²) in [5.41, 5.74) is 2.27. The van der Waals surface area contributed by atoms with Gasteiger partial charge in [0.05, 0.1) is 5.97 Å². The first-order valence-electron chi connectivity index (χ1n) is 5.09. The summed E-state index contributed by atoms with van der Waals surface area (Å²) in [6, 6.07) is 3.48. The lowest BCUT2D eigenvalue weighted by atomic mass is 10.1. The average molecular weight is 233 g/mol. The minimum absolute atomic E-state index is 0.380. The van der Waals surface area contributed by atoms with Crippen LogP contribution in [0.2, 0.25) is 0 Å². The molecule has 4 heteroatoms. The third-order valence-electron chi connectivity index (χ3n) is 2.14. The average Bonchev–Trinajstić information content (AvgIpc) is 2.20. The summed E-state index contributed by atoms with van der Waals surface area (Å²) in [5.74, 6) is -1.11. The van der Waals surface area contributed by atoms with E-state index in [9.17, 15) is 14.7 Å². The second-order valence-electron chi connectivity index (χ2n) is 3.73. The molecule has 1 aromatic carbocycles. The molecule has 17 heavy (non-hydrogen) atoms. The number of benzene rings is 1. The largest absolute Gasteiger partial charge is 0.545 e. The Morgan fingerprint density at radius 2 is 1.76 bits per heavy atom. The van der Waals surface area contributed by atoms with Gasteiger partial charge < -0.3 is 14.6 Å². The number of rotatable bonds is 3. The number of aryl methyl sites for hydroxylation is 2. The number of carbonyl (C=O) groups excluding carboxylic acids is 2. The second kappa shape index (κ2) is 5.30. The highest BCUT2D eigenvalue weighted by atomic mass is 16.5. The SMILES string of the molecule is CC(=O)Oc1c(C)cc(/C=C/C(=O)[O-])cc1C. The number of esters is 1. The minimum atomic E-state index is -1.25. The van der Waals surface area contributed by atoms with Gasteiger partial charge in [-0.25, -0.2) is 0 Å². The molecule has 0 heterocycles. The van der Waals surface area contributed by atoms with Crippen molar-refractivity contribution in [2.75, 3.05) is 0 Å². The fraction of sp³-hybridized carbons (Fsp3) is 0.231. The summed E-state index contributed by atoms with van der Waals surface area (Å²) in [4.78, 5) is 21.2. The predicted octanol–water partition coefficient (Wildman–Crippen LogP) is 0.992. The maximum absolute atomic E-state index is 10.9. The van der Waals surface area contributed by atoms with Crippen LogP contribution in [0.25, 0.3) is 6.08 Å². The van der Waals surface area contributed by atoms with Crippen molar-refractivity contribution in [3.63, 3.8) is 0 Å². The summed E-state index contributed by atoms with van der Waals surface area (Å²) < 4.78 is 5.06. The first-order chi connectivity index (χ1) is 7.90. The maximum atomic E-state index is 10.9. The van der Waals surface area contributed by atoms with Crippen LogP contribution >= 0.6 is 0 Å². The number of ether oxygens (including phenoxy) is 1. The predicted molar refractivity (Wildman–Crippen MR) is 61.3 cm³/mol. The molecule has 0 bridgehead atoms. The maximum Gasteiger partial charge on any atom is 0.308 e. The van der Waals surface area contributed by atoms with E-state index in [1.54, 1.807) is 26.0 Å². The molecule has 0 atom stereocenters. The fourth-order valence-corrected chi connectivity index (χ4v) is 1.55. The van der Waals surface area contributed by atoms with E-state index in [1.807, 2.05) is 0 Å². The molecule has 0 N–H and O–H groups in total. The Balaban J connectivity index is 3.09. The zero-order chi connectivity index (χ0) is 13.0. The molecule has 1 aromatic rings. The summed E-state index contributed by atoms with van der Waals surface area (Å²) >= 11 is 0. The zero-order valence-corrected chi connectivity index (χ0v) is 9.94. The van der Waals surface area contributed by atoms with Gasteiger partial charge in [-0.05, 0) is 48.7 Å². The molecule has 0 radical (unpaired) electrons. The molecule has 0 aromatic heterocycles. The van der Waals surface area contributed by atoms with E-state index in [4.69, 9.17) is 4.74 Å². The van der Waals surface area contributed by atoms with Crippen molar-refractivity contribution in [3.8, 4) is 5.75 Å². The summed E-state index contributed by atoms with van der Waals surface area (Å²) in [6.45, 7) is 4.92. The molecule has 90 valence electrons. The monoisotopic (exact) mass is 233 g/mol. The van der Waals surface area contributed by atoms with Gasteiger partial charge in [0, 0.05) is 6.92 Å². The lowest BCUT2D eigenvalue weighted by molar-refractivity contribution is -0.297. The van der Waals surface area contributed by atoms with Crippen molar-refractivity contribution >= 4 is 18.0 Å². The third kappa shape index (κ3) is 3.75. The highest BCUT2D eigenvalue weighted by Gasteiger charge is 2.07. The number of carboxylic acids is 1. The first kappa shape index (κ1) is 13.0. The molecule has 0 saturated heterocycles. The van der Waals surface area contributed by atoms with Crippen LogP contribution in [0, 0.1) is 13.8 Å². The summed E-state index contributed by atoms with van der Waals surface area (Å²) in [7, 11) is 0. The molecule has 0 unspecified atom stereocenters. The van der Waals surface area contributed by atoms with Crippen LogP contribution in [0.4, 0.5) is 0 Å². The fourth-order valence-electron chi connectivity index (χ4n) is 1.55. The zero-order valence-electron chi connectivity index (χ0n) is 9.94. The molecule has 0 aliphatic rings. The Morgan fingerprint density at radius 1 is 1.24 bits per heavy atom. The topological polar surface area (TPSA) is 66.4 Å². The van der Waals surface area contributed by atoms with Crippen molar-refractivity contribution in [3.05, 3.63) is 34.9 Å². The van der Waals surface area contributed by atoms with Crippen molar-refractivity contribution in [1.29, 1.82) is 0 Å². The molecule has 1 rings (SSSR count). The van der Waals surface area contributed by atoms with E-state index in [1.165, 1.54) is 13.0 Å². The Labute approximate surface area is 99.5 Å². The first-order valence-corrected chi connectivity index (χ1v) is 5.09. The molecule has 0 spiro atoms. The lowest BCUT2D eigenvalue weighted by Crippen LogP contribution is -2.18. The molecule has 0 saturated carbocycles. The van der Waals surface area contributed by atoms with Crippen LogP contribution in [0.15, 0.2) is 18.2 Å². The molecule has 0 amide bonds. The highest BCUT2D eigenvalue weighted by Crippen LogP contribution is 2.25. The standard InChI is InChI=1S/C13H14O4/c1-8-6-11(4-5-12(15)16)7-9(2)13(8)17-10(3)14/h4-7H,1-3H3,(H,15,16)/p-1/b5-4+. The van der Waals surface area contributed by atoms with Gasteiger partial charge in [-0.15, -0.1) is 0 Å². The normalized spacial score (nSPS) is 10.5. The summed E-state index contributed by atoms with van der Waals surface area (Å²) in [5, 5.41) is 10.3. The van der Waals surface area contributed by atoms with E-state index < -0.39 is 5.97 Å². The number of hydrogen-bond donors (Lipinski definition) is 0. The Bertz CT molecular complexity index is 463. The second-order valence-corrected chi connectivity index (χ2v) is 3.73. The quantitative estimate of drug-likeness (QED) is 0.443. The van der Waals surface area contributed by atoms with Gasteiger partial charge in [0.15, 0.2) is 0 Å². The van der Waals surface area contributed by atoms with E-state index in [0.29, 0.717) is 5.75 Å². The lowest BCUT2D eigenvalue weighted by Gasteiger charge is -2.10. The number of carbonyl (C=O) groups is 2. The van der Waals surface area contributed by atoms with E-state index >= 15 is 0 Å². The Hall–Kier alpha value is -2.10. The Kier molecular flexibility index (Phi) is 4.04. The van der Waals surface area contributed by atoms with Gasteiger partial charge in [-0.1, -0.05) is 6.08 Å². The van der Waals surface area contributed by atoms with E-state index in [0.717, 1.165) is 22.8 Å². The molecule has 0 aliphatic heterocycles. The number of carboxylic acid groups (broad SMARTS) is 1. The van der Waals surface area contributed by atoms with Gasteiger partial charge >= 0.3 is 5.97 Å². The van der Waals surface area contributed by atoms with Crippen molar-refractivity contribution in [1.82, 2.24) is 0 Å². The third-order valence-corrected chi connectivity index (χ3v) is 2.14. The van der Waals surface area contributed by atoms with Gasteiger partial charge in [0.2, 0.25) is 0 Å². The van der Waals surface area contributed by atoms with Crippen LogP contribution in [0.5, 0.6) is 5.75 Å². The molecule has 4 nitrogen and oxygen atoms in total. The minimum Gasteiger partial charge on any atom is -0.545 e. The van der Waals surface area contributed by atoms with Crippen molar-refractivity contribution in [2.45, 2.75) is 20.8 Å². The molecular weight excluding hydrogens is 220 g/mol. The van der Waals surface area contributed by atoms with Crippen LogP contribution in [0.3, 0.4) is 0 Å². The van der Waals surface area contributed by atoms with Gasteiger partial charge in [-0.3, -0.25) is 4.79 Å².